The summed E-state index contributed by atoms with van der Waals surface area (Å²) < 4.78 is 10.6. The molecule has 0 radical (unpaired) electrons. The van der Waals surface area contributed by atoms with Gasteiger partial charge in [-0.15, -0.1) is 0 Å². The minimum atomic E-state index is -0.637. The molecule has 2 amide bonds. The van der Waals surface area contributed by atoms with Crippen molar-refractivity contribution in [1.29, 1.82) is 0 Å². The van der Waals surface area contributed by atoms with E-state index in [1.165, 1.54) is 30.4 Å². The summed E-state index contributed by atoms with van der Waals surface area (Å²) in [6.07, 6.45) is 0.993. The van der Waals surface area contributed by atoms with Crippen LogP contribution in [0, 0.1) is 0 Å². The number of ether oxygens (including phenoxy) is 2. The van der Waals surface area contributed by atoms with E-state index in [9.17, 15) is 9.59 Å². The lowest BCUT2D eigenvalue weighted by Crippen LogP contribution is -2.53. The Bertz CT molecular complexity index is 977. The van der Waals surface area contributed by atoms with E-state index in [4.69, 9.17) is 26.8 Å². The summed E-state index contributed by atoms with van der Waals surface area (Å²) in [5, 5.41) is 3.16. The predicted octanol–water partition coefficient (Wildman–Crippen LogP) is 2.78. The van der Waals surface area contributed by atoms with Gasteiger partial charge in [0.25, 0.3) is 11.8 Å². The van der Waals surface area contributed by atoms with E-state index in [-0.39, 0.29) is 34.6 Å². The van der Waals surface area contributed by atoms with Crippen LogP contribution in [-0.4, -0.2) is 49.1 Å². The van der Waals surface area contributed by atoms with E-state index in [1.54, 1.807) is 0 Å². The molecule has 0 aromatic heterocycles. The van der Waals surface area contributed by atoms with Crippen LogP contribution < -0.4 is 20.5 Å². The van der Waals surface area contributed by atoms with Crippen LogP contribution in [0.15, 0.2) is 36.4 Å². The second-order valence-corrected chi connectivity index (χ2v) is 8.59. The molecule has 1 heterocycles. The zero-order valence-corrected chi connectivity index (χ0v) is 18.8. The normalized spacial score (nSPS) is 13.9. The van der Waals surface area contributed by atoms with Gasteiger partial charge in [0.15, 0.2) is 18.1 Å². The number of carbonyl (C=O) groups excluding carboxylic acids is 2. The van der Waals surface area contributed by atoms with Crippen molar-refractivity contribution in [1.82, 2.24) is 10.2 Å². The Morgan fingerprint density at radius 2 is 1.94 bits per heavy atom. The van der Waals surface area contributed by atoms with Crippen LogP contribution in [0.2, 0.25) is 5.02 Å². The van der Waals surface area contributed by atoms with Crippen LogP contribution in [0.4, 0.5) is 0 Å². The molecule has 0 saturated heterocycles. The molecular weight excluding hydrogens is 418 g/mol. The lowest BCUT2D eigenvalue weighted by atomic mass is 9.94. The third kappa shape index (κ3) is 5.48. The van der Waals surface area contributed by atoms with E-state index in [0.29, 0.717) is 12.1 Å². The second kappa shape index (κ2) is 9.58. The van der Waals surface area contributed by atoms with Gasteiger partial charge >= 0.3 is 0 Å². The van der Waals surface area contributed by atoms with E-state index in [1.807, 2.05) is 0 Å². The van der Waals surface area contributed by atoms with Gasteiger partial charge in [-0.1, -0.05) is 35.9 Å². The Morgan fingerprint density at radius 1 is 1.23 bits per heavy atom. The lowest BCUT2D eigenvalue weighted by molar-refractivity contribution is -0.119. The molecule has 0 aliphatic carbocycles. The maximum absolute atomic E-state index is 12.8. The third-order valence-electron chi connectivity index (χ3n) is 5.52. The summed E-state index contributed by atoms with van der Waals surface area (Å²) in [4.78, 5) is 26.2. The Labute approximate surface area is 187 Å². The van der Waals surface area contributed by atoms with Crippen LogP contribution in [0.1, 0.15) is 35.3 Å². The predicted molar refractivity (Wildman–Crippen MR) is 120 cm³/mol. The van der Waals surface area contributed by atoms with E-state index in [0.717, 1.165) is 19.5 Å². The molecule has 3 rings (SSSR count). The van der Waals surface area contributed by atoms with Gasteiger partial charge in [0.1, 0.15) is 0 Å². The largest absolute Gasteiger partial charge is 0.493 e. The molecule has 0 spiro atoms. The highest BCUT2D eigenvalue weighted by Crippen LogP contribution is 2.36. The van der Waals surface area contributed by atoms with Gasteiger partial charge in [-0.05, 0) is 43.5 Å². The summed E-state index contributed by atoms with van der Waals surface area (Å²) in [7, 11) is 1.43. The smallest absolute Gasteiger partial charge is 0.255 e. The molecule has 0 bridgehead atoms. The SMILES string of the molecule is COc1cc(C(=O)NCC(C)(C)N2CCc3ccccc3C2)cc(Cl)c1OCC(N)=O. The fourth-order valence-electron chi connectivity index (χ4n) is 3.66. The number of nitrogens with zero attached hydrogens (tertiary/aromatic N) is 1. The van der Waals surface area contributed by atoms with Gasteiger partial charge in [-0.3, -0.25) is 14.5 Å². The van der Waals surface area contributed by atoms with Gasteiger partial charge in [-0.25, -0.2) is 0 Å². The molecule has 0 atom stereocenters. The molecule has 3 N–H and O–H groups in total. The number of hydrogen-bond acceptors (Lipinski definition) is 5. The topological polar surface area (TPSA) is 93.9 Å². The first-order valence-corrected chi connectivity index (χ1v) is 10.5. The molecule has 1 aliphatic rings. The lowest BCUT2D eigenvalue weighted by Gasteiger charge is -2.41. The number of amides is 2. The first-order chi connectivity index (χ1) is 14.7. The first kappa shape index (κ1) is 22.9. The van der Waals surface area contributed by atoms with Crippen molar-refractivity contribution < 1.29 is 19.1 Å². The standard InChI is InChI=1S/C23H28ClN3O4/c1-23(2,27-9-8-15-6-4-5-7-16(15)12-27)14-26-22(29)17-10-18(24)21(19(11-17)30-3)31-13-20(25)28/h4-7,10-11H,8-9,12-14H2,1-3H3,(H2,25,28)(H,26,29). The minimum Gasteiger partial charge on any atom is -0.493 e. The third-order valence-corrected chi connectivity index (χ3v) is 5.80. The van der Waals surface area contributed by atoms with Crippen molar-refractivity contribution in [2.45, 2.75) is 32.4 Å². The summed E-state index contributed by atoms with van der Waals surface area (Å²) in [5.74, 6) is -0.479. The Morgan fingerprint density at radius 3 is 2.61 bits per heavy atom. The number of rotatable bonds is 8. The van der Waals surface area contributed by atoms with Crippen molar-refractivity contribution in [3.8, 4) is 11.5 Å². The van der Waals surface area contributed by atoms with Gasteiger partial charge in [0.05, 0.1) is 12.1 Å². The second-order valence-electron chi connectivity index (χ2n) is 8.18. The number of nitrogens with one attached hydrogen (secondary N) is 1. The Kier molecular flexibility index (Phi) is 7.08. The van der Waals surface area contributed by atoms with Crippen molar-refractivity contribution in [2.24, 2.45) is 5.73 Å². The van der Waals surface area contributed by atoms with Crippen molar-refractivity contribution in [3.63, 3.8) is 0 Å². The summed E-state index contributed by atoms with van der Waals surface area (Å²) in [5.41, 5.74) is 7.94. The molecule has 8 heteroatoms. The number of halogens is 1. The monoisotopic (exact) mass is 445 g/mol. The maximum atomic E-state index is 12.8. The number of primary amides is 1. The van der Waals surface area contributed by atoms with Gasteiger partial charge in [0.2, 0.25) is 0 Å². The van der Waals surface area contributed by atoms with E-state index < -0.39 is 5.91 Å². The molecule has 1 aliphatic heterocycles. The van der Waals surface area contributed by atoms with Crippen LogP contribution in [-0.2, 0) is 17.8 Å². The maximum Gasteiger partial charge on any atom is 0.255 e. The summed E-state index contributed by atoms with van der Waals surface area (Å²) >= 11 is 6.26. The Hall–Kier alpha value is -2.77. The highest BCUT2D eigenvalue weighted by molar-refractivity contribution is 6.32. The van der Waals surface area contributed by atoms with Crippen LogP contribution >= 0.6 is 11.6 Å². The minimum absolute atomic E-state index is 0.164. The zero-order chi connectivity index (χ0) is 22.6. The number of carbonyl (C=O) groups is 2. The van der Waals surface area contributed by atoms with Crippen LogP contribution in [0.25, 0.3) is 0 Å². The van der Waals surface area contributed by atoms with Crippen LogP contribution in [0.3, 0.4) is 0 Å². The Balaban J connectivity index is 1.67. The molecule has 2 aromatic carbocycles. The highest BCUT2D eigenvalue weighted by atomic mass is 35.5. The van der Waals surface area contributed by atoms with E-state index >= 15 is 0 Å². The molecule has 166 valence electrons. The molecule has 0 fully saturated rings. The number of benzene rings is 2. The van der Waals surface area contributed by atoms with Gasteiger partial charge < -0.3 is 20.5 Å². The quantitative estimate of drug-likeness (QED) is 0.651. The molecule has 2 aromatic rings. The average molecular weight is 446 g/mol. The molecule has 0 unspecified atom stereocenters. The van der Waals surface area contributed by atoms with Crippen molar-refractivity contribution in [3.05, 3.63) is 58.1 Å². The number of fused-ring (bicyclic) bond motifs is 1. The first-order valence-electron chi connectivity index (χ1n) is 10.1. The fraction of sp³-hybridized carbons (Fsp3) is 0.391. The average Bonchev–Trinajstić information content (AvgIpc) is 2.75. The summed E-state index contributed by atoms with van der Waals surface area (Å²) in [6, 6.07) is 11.5. The summed E-state index contributed by atoms with van der Waals surface area (Å²) in [6.45, 7) is 6.16. The number of nitrogens with two attached hydrogens (primary N) is 1. The highest BCUT2D eigenvalue weighted by Gasteiger charge is 2.30. The number of methoxy groups -OCH3 is 1. The number of hydrogen-bond donors (Lipinski definition) is 2. The van der Waals surface area contributed by atoms with Crippen molar-refractivity contribution in [2.75, 3.05) is 26.8 Å². The van der Waals surface area contributed by atoms with Gasteiger partial charge in [-0.2, -0.15) is 0 Å². The van der Waals surface area contributed by atoms with Gasteiger partial charge in [0, 0.05) is 30.7 Å². The molecule has 7 nitrogen and oxygen atoms in total. The molecule has 31 heavy (non-hydrogen) atoms. The van der Waals surface area contributed by atoms with Crippen LogP contribution in [0.5, 0.6) is 11.5 Å². The zero-order valence-electron chi connectivity index (χ0n) is 18.0. The van der Waals surface area contributed by atoms with Crippen molar-refractivity contribution >= 4 is 23.4 Å². The fourth-order valence-corrected chi connectivity index (χ4v) is 3.92. The van der Waals surface area contributed by atoms with E-state index in [2.05, 4.69) is 48.3 Å². The molecule has 0 saturated carbocycles. The molecular formula is C23H28ClN3O4.